The zero-order valence-electron chi connectivity index (χ0n) is 10.1. The van der Waals surface area contributed by atoms with Gasteiger partial charge in [0.2, 0.25) is 0 Å². The summed E-state index contributed by atoms with van der Waals surface area (Å²) in [7, 11) is 0. The average molecular weight is 262 g/mol. The van der Waals surface area contributed by atoms with Crippen LogP contribution in [0.4, 0.5) is 5.69 Å². The molecule has 18 heavy (non-hydrogen) atoms. The Bertz CT molecular complexity index is 513. The predicted octanol–water partition coefficient (Wildman–Crippen LogP) is 3.93. The summed E-state index contributed by atoms with van der Waals surface area (Å²) in [4.78, 5) is 0. The predicted molar refractivity (Wildman–Crippen MR) is 76.1 cm³/mol. The van der Waals surface area contributed by atoms with Gasteiger partial charge >= 0.3 is 0 Å². The van der Waals surface area contributed by atoms with Crippen LogP contribution in [0.1, 0.15) is 12.0 Å². The number of ether oxygens (including phenoxy) is 1. The molecule has 2 aromatic carbocycles. The summed E-state index contributed by atoms with van der Waals surface area (Å²) in [6.45, 7) is 0.661. The Balaban J connectivity index is 1.78. The first kappa shape index (κ1) is 12.8. The third-order valence-electron chi connectivity index (χ3n) is 2.68. The van der Waals surface area contributed by atoms with Crippen LogP contribution in [0.3, 0.4) is 0 Å². The fourth-order valence-electron chi connectivity index (χ4n) is 1.76. The van der Waals surface area contributed by atoms with Gasteiger partial charge in [0.05, 0.1) is 6.61 Å². The van der Waals surface area contributed by atoms with Gasteiger partial charge < -0.3 is 10.5 Å². The van der Waals surface area contributed by atoms with Gasteiger partial charge in [-0.1, -0.05) is 35.9 Å². The Hall–Kier alpha value is -1.67. The molecule has 2 aromatic rings. The lowest BCUT2D eigenvalue weighted by molar-refractivity contribution is 0.311. The van der Waals surface area contributed by atoms with Crippen molar-refractivity contribution in [2.24, 2.45) is 0 Å². The van der Waals surface area contributed by atoms with Crippen LogP contribution in [0, 0.1) is 0 Å². The maximum Gasteiger partial charge on any atom is 0.121 e. The second kappa shape index (κ2) is 6.31. The van der Waals surface area contributed by atoms with Crippen molar-refractivity contribution in [1.29, 1.82) is 0 Å². The topological polar surface area (TPSA) is 35.2 Å². The Kier molecular flexibility index (Phi) is 4.48. The zero-order chi connectivity index (χ0) is 12.8. The fourth-order valence-corrected chi connectivity index (χ4v) is 1.99. The third kappa shape index (κ3) is 3.67. The highest BCUT2D eigenvalue weighted by Gasteiger charge is 1.99. The van der Waals surface area contributed by atoms with Crippen molar-refractivity contribution in [1.82, 2.24) is 0 Å². The van der Waals surface area contributed by atoms with Crippen LogP contribution >= 0.6 is 11.6 Å². The summed E-state index contributed by atoms with van der Waals surface area (Å²) in [5.41, 5.74) is 7.56. The summed E-state index contributed by atoms with van der Waals surface area (Å²) >= 11 is 6.08. The normalized spacial score (nSPS) is 10.3. The Morgan fingerprint density at radius 3 is 2.67 bits per heavy atom. The van der Waals surface area contributed by atoms with Gasteiger partial charge in [-0.05, 0) is 36.6 Å². The fraction of sp³-hybridized carbons (Fsp3) is 0.200. The van der Waals surface area contributed by atoms with Crippen LogP contribution in [0.25, 0.3) is 0 Å². The van der Waals surface area contributed by atoms with Crippen molar-refractivity contribution in [2.75, 3.05) is 12.3 Å². The average Bonchev–Trinajstić information content (AvgIpc) is 2.37. The van der Waals surface area contributed by atoms with Gasteiger partial charge in [0.25, 0.3) is 0 Å². The van der Waals surface area contributed by atoms with Crippen LogP contribution < -0.4 is 10.5 Å². The second-order valence-corrected chi connectivity index (χ2v) is 4.52. The molecule has 2 nitrogen and oxygen atoms in total. The smallest absolute Gasteiger partial charge is 0.121 e. The van der Waals surface area contributed by atoms with Crippen molar-refractivity contribution in [2.45, 2.75) is 12.8 Å². The van der Waals surface area contributed by atoms with Crippen LogP contribution in [0.5, 0.6) is 5.75 Å². The summed E-state index contributed by atoms with van der Waals surface area (Å²) < 4.78 is 5.63. The number of aryl methyl sites for hydroxylation is 1. The molecular weight excluding hydrogens is 246 g/mol. The van der Waals surface area contributed by atoms with E-state index in [1.165, 1.54) is 0 Å². The van der Waals surface area contributed by atoms with E-state index in [1.807, 2.05) is 48.5 Å². The molecule has 94 valence electrons. The quantitative estimate of drug-likeness (QED) is 0.654. The molecule has 0 radical (unpaired) electrons. The van der Waals surface area contributed by atoms with Gasteiger partial charge in [-0.25, -0.2) is 0 Å². The highest BCUT2D eigenvalue weighted by Crippen LogP contribution is 2.18. The van der Waals surface area contributed by atoms with Crippen LogP contribution in [-0.2, 0) is 6.42 Å². The van der Waals surface area contributed by atoms with Crippen LogP contribution in [0.2, 0.25) is 5.02 Å². The maximum absolute atomic E-state index is 6.08. The molecule has 2 rings (SSSR count). The molecule has 0 amide bonds. The van der Waals surface area contributed by atoms with E-state index in [0.717, 1.165) is 34.9 Å². The third-order valence-corrected chi connectivity index (χ3v) is 3.04. The SMILES string of the molecule is Nc1cccc(OCCCc2ccccc2Cl)c1. The number of hydrogen-bond acceptors (Lipinski definition) is 2. The van der Waals surface area contributed by atoms with E-state index in [2.05, 4.69) is 0 Å². The number of nitrogen functional groups attached to an aromatic ring is 1. The van der Waals surface area contributed by atoms with E-state index in [1.54, 1.807) is 0 Å². The van der Waals surface area contributed by atoms with E-state index in [9.17, 15) is 0 Å². The number of halogens is 1. The number of benzene rings is 2. The summed E-state index contributed by atoms with van der Waals surface area (Å²) in [5.74, 6) is 0.814. The minimum Gasteiger partial charge on any atom is -0.494 e. The molecule has 0 heterocycles. The lowest BCUT2D eigenvalue weighted by Gasteiger charge is -2.07. The first-order chi connectivity index (χ1) is 8.75. The molecule has 0 fully saturated rings. The molecule has 0 unspecified atom stereocenters. The van der Waals surface area contributed by atoms with Crippen molar-refractivity contribution in [3.63, 3.8) is 0 Å². The summed E-state index contributed by atoms with van der Waals surface area (Å²) in [6.07, 6.45) is 1.85. The molecule has 3 heteroatoms. The zero-order valence-corrected chi connectivity index (χ0v) is 10.9. The number of nitrogens with two attached hydrogens (primary N) is 1. The minimum atomic E-state index is 0.661. The number of hydrogen-bond donors (Lipinski definition) is 1. The van der Waals surface area contributed by atoms with Gasteiger partial charge in [0.1, 0.15) is 5.75 Å². The monoisotopic (exact) mass is 261 g/mol. The molecule has 0 saturated heterocycles. The summed E-state index contributed by atoms with van der Waals surface area (Å²) in [5, 5.41) is 0.821. The molecule has 0 aliphatic rings. The standard InChI is InChI=1S/C15H16ClNO/c16-15-9-2-1-5-12(15)6-4-10-18-14-8-3-7-13(17)11-14/h1-3,5,7-9,11H,4,6,10,17H2. The maximum atomic E-state index is 6.08. The first-order valence-corrected chi connectivity index (χ1v) is 6.35. The second-order valence-electron chi connectivity index (χ2n) is 4.12. The van der Waals surface area contributed by atoms with Crippen molar-refractivity contribution < 1.29 is 4.74 Å². The molecular formula is C15H16ClNO. The molecule has 0 saturated carbocycles. The van der Waals surface area contributed by atoms with Crippen LogP contribution in [-0.4, -0.2) is 6.61 Å². The van der Waals surface area contributed by atoms with E-state index < -0.39 is 0 Å². The van der Waals surface area contributed by atoms with Crippen molar-refractivity contribution >= 4 is 17.3 Å². The first-order valence-electron chi connectivity index (χ1n) is 5.97. The molecule has 0 atom stereocenters. The lowest BCUT2D eigenvalue weighted by atomic mass is 10.1. The lowest BCUT2D eigenvalue weighted by Crippen LogP contribution is -2.00. The van der Waals surface area contributed by atoms with Crippen molar-refractivity contribution in [3.05, 3.63) is 59.1 Å². The highest BCUT2D eigenvalue weighted by molar-refractivity contribution is 6.31. The van der Waals surface area contributed by atoms with Crippen LogP contribution in [0.15, 0.2) is 48.5 Å². The van der Waals surface area contributed by atoms with Gasteiger partial charge in [-0.3, -0.25) is 0 Å². The number of rotatable bonds is 5. The number of anilines is 1. The molecule has 0 aliphatic carbocycles. The minimum absolute atomic E-state index is 0.661. The molecule has 0 aliphatic heterocycles. The van der Waals surface area contributed by atoms with E-state index in [-0.39, 0.29) is 0 Å². The van der Waals surface area contributed by atoms with Gasteiger partial charge in [-0.15, -0.1) is 0 Å². The molecule has 2 N–H and O–H groups in total. The molecule has 0 bridgehead atoms. The molecule has 0 aromatic heterocycles. The Labute approximate surface area is 112 Å². The Morgan fingerprint density at radius 1 is 1.06 bits per heavy atom. The van der Waals surface area contributed by atoms with E-state index >= 15 is 0 Å². The van der Waals surface area contributed by atoms with Crippen molar-refractivity contribution in [3.8, 4) is 5.75 Å². The summed E-state index contributed by atoms with van der Waals surface area (Å²) in [6, 6.07) is 15.4. The van der Waals surface area contributed by atoms with Gasteiger partial charge in [0.15, 0.2) is 0 Å². The van der Waals surface area contributed by atoms with E-state index in [0.29, 0.717) is 6.61 Å². The highest BCUT2D eigenvalue weighted by atomic mass is 35.5. The van der Waals surface area contributed by atoms with E-state index in [4.69, 9.17) is 22.1 Å². The molecule has 0 spiro atoms. The largest absolute Gasteiger partial charge is 0.494 e. The van der Waals surface area contributed by atoms with Gasteiger partial charge in [-0.2, -0.15) is 0 Å². The van der Waals surface area contributed by atoms with Gasteiger partial charge in [0, 0.05) is 16.8 Å². The Morgan fingerprint density at radius 2 is 1.89 bits per heavy atom.